The molecule has 2 heterocycles. The third-order valence-corrected chi connectivity index (χ3v) is 3.88. The van der Waals surface area contributed by atoms with Crippen LogP contribution in [0.3, 0.4) is 0 Å². The molecule has 86 valence electrons. The van der Waals surface area contributed by atoms with Crippen molar-refractivity contribution in [1.29, 1.82) is 0 Å². The average molecular weight is 217 g/mol. The Morgan fingerprint density at radius 2 is 2.00 bits per heavy atom. The van der Waals surface area contributed by atoms with E-state index in [4.69, 9.17) is 4.74 Å². The second kappa shape index (κ2) is 4.19. The lowest BCUT2D eigenvalue weighted by molar-refractivity contribution is -0.0204. The molecule has 0 saturated carbocycles. The minimum absolute atomic E-state index is 0.268. The summed E-state index contributed by atoms with van der Waals surface area (Å²) in [4.78, 5) is 2.53. The average Bonchev–Trinajstić information content (AvgIpc) is 2.69. The van der Waals surface area contributed by atoms with Gasteiger partial charge in [-0.2, -0.15) is 0 Å². The first-order valence-corrected chi connectivity index (χ1v) is 6.32. The van der Waals surface area contributed by atoms with E-state index in [2.05, 4.69) is 42.2 Å². The Morgan fingerprint density at radius 1 is 1.19 bits per heavy atom. The highest BCUT2D eigenvalue weighted by molar-refractivity contribution is 5.20. The number of benzene rings is 1. The van der Waals surface area contributed by atoms with E-state index in [1.165, 1.54) is 31.4 Å². The molecule has 0 aliphatic carbocycles. The van der Waals surface area contributed by atoms with Gasteiger partial charge in [-0.25, -0.2) is 0 Å². The van der Waals surface area contributed by atoms with Gasteiger partial charge in [-0.1, -0.05) is 30.3 Å². The molecular formula is C14H19NO. The van der Waals surface area contributed by atoms with Gasteiger partial charge in [0.15, 0.2) is 0 Å². The van der Waals surface area contributed by atoms with Crippen molar-refractivity contribution in [2.75, 3.05) is 6.54 Å². The molecular weight excluding hydrogens is 198 g/mol. The zero-order valence-electron chi connectivity index (χ0n) is 9.80. The van der Waals surface area contributed by atoms with E-state index in [0.717, 1.165) is 0 Å². The molecule has 2 fully saturated rings. The van der Waals surface area contributed by atoms with Crippen LogP contribution in [0.1, 0.15) is 37.9 Å². The fourth-order valence-electron chi connectivity index (χ4n) is 2.99. The molecule has 2 aliphatic heterocycles. The van der Waals surface area contributed by atoms with Crippen LogP contribution >= 0.6 is 0 Å². The molecule has 0 aromatic heterocycles. The summed E-state index contributed by atoms with van der Waals surface area (Å²) >= 11 is 0. The SMILES string of the molecule is CC1C(c2ccccc2)OC2CCCCN21. The largest absolute Gasteiger partial charge is 0.354 e. The zero-order valence-corrected chi connectivity index (χ0v) is 9.80. The van der Waals surface area contributed by atoms with Crippen LogP contribution in [0.5, 0.6) is 0 Å². The number of fused-ring (bicyclic) bond motifs is 1. The van der Waals surface area contributed by atoms with E-state index in [9.17, 15) is 0 Å². The maximum absolute atomic E-state index is 6.19. The van der Waals surface area contributed by atoms with Crippen molar-refractivity contribution < 1.29 is 4.74 Å². The van der Waals surface area contributed by atoms with Crippen molar-refractivity contribution in [3.8, 4) is 0 Å². The van der Waals surface area contributed by atoms with Crippen LogP contribution in [0.25, 0.3) is 0 Å². The third-order valence-electron chi connectivity index (χ3n) is 3.88. The van der Waals surface area contributed by atoms with Gasteiger partial charge in [0.05, 0.1) is 6.10 Å². The Bertz CT molecular complexity index is 351. The molecule has 2 nitrogen and oxygen atoms in total. The normalized spacial score (nSPS) is 34.9. The summed E-state index contributed by atoms with van der Waals surface area (Å²) in [6, 6.07) is 11.1. The Morgan fingerprint density at radius 3 is 2.75 bits per heavy atom. The smallest absolute Gasteiger partial charge is 0.111 e. The molecule has 1 aromatic carbocycles. The Hall–Kier alpha value is -0.860. The van der Waals surface area contributed by atoms with Gasteiger partial charge in [0.2, 0.25) is 0 Å². The van der Waals surface area contributed by atoms with Crippen molar-refractivity contribution in [3.05, 3.63) is 35.9 Å². The number of rotatable bonds is 1. The van der Waals surface area contributed by atoms with E-state index in [1.807, 2.05) is 0 Å². The second-order valence-corrected chi connectivity index (χ2v) is 4.90. The van der Waals surface area contributed by atoms with Crippen molar-refractivity contribution in [2.24, 2.45) is 0 Å². The Kier molecular flexibility index (Phi) is 2.70. The number of hydrogen-bond donors (Lipinski definition) is 0. The molecule has 16 heavy (non-hydrogen) atoms. The highest BCUT2D eigenvalue weighted by atomic mass is 16.5. The van der Waals surface area contributed by atoms with E-state index in [-0.39, 0.29) is 6.10 Å². The molecule has 0 spiro atoms. The molecule has 2 aliphatic rings. The summed E-state index contributed by atoms with van der Waals surface area (Å²) in [7, 11) is 0. The van der Waals surface area contributed by atoms with Crippen molar-refractivity contribution in [2.45, 2.75) is 44.6 Å². The number of piperidine rings is 1. The summed E-state index contributed by atoms with van der Waals surface area (Å²) in [6.07, 6.45) is 4.48. The van der Waals surface area contributed by atoms with Crippen LogP contribution in [0.2, 0.25) is 0 Å². The van der Waals surface area contributed by atoms with Gasteiger partial charge in [0.1, 0.15) is 6.23 Å². The van der Waals surface area contributed by atoms with Crippen LogP contribution in [0.4, 0.5) is 0 Å². The standard InChI is InChI=1S/C14H19NO/c1-11-14(12-7-3-2-4-8-12)16-13-9-5-6-10-15(11)13/h2-4,7-8,11,13-14H,5-6,9-10H2,1H3. The molecule has 0 radical (unpaired) electrons. The first-order chi connectivity index (χ1) is 7.86. The van der Waals surface area contributed by atoms with Crippen LogP contribution in [-0.4, -0.2) is 23.7 Å². The quantitative estimate of drug-likeness (QED) is 0.717. The highest BCUT2D eigenvalue weighted by Crippen LogP contribution is 2.38. The van der Waals surface area contributed by atoms with Gasteiger partial charge >= 0.3 is 0 Å². The zero-order chi connectivity index (χ0) is 11.0. The Balaban J connectivity index is 1.83. The first-order valence-electron chi connectivity index (χ1n) is 6.32. The van der Waals surface area contributed by atoms with Crippen LogP contribution < -0.4 is 0 Å². The van der Waals surface area contributed by atoms with Crippen LogP contribution in [0.15, 0.2) is 30.3 Å². The number of hydrogen-bond acceptors (Lipinski definition) is 2. The van der Waals surface area contributed by atoms with Gasteiger partial charge in [-0.15, -0.1) is 0 Å². The summed E-state index contributed by atoms with van der Waals surface area (Å²) in [5, 5.41) is 0. The lowest BCUT2D eigenvalue weighted by Crippen LogP contribution is -2.39. The van der Waals surface area contributed by atoms with Gasteiger partial charge in [-0.05, 0) is 31.7 Å². The maximum atomic E-state index is 6.19. The van der Waals surface area contributed by atoms with Crippen molar-refractivity contribution in [1.82, 2.24) is 4.90 Å². The monoisotopic (exact) mass is 217 g/mol. The van der Waals surface area contributed by atoms with Gasteiger partial charge in [0, 0.05) is 12.6 Å². The Labute approximate surface area is 97.2 Å². The molecule has 2 saturated heterocycles. The number of ether oxygens (including phenoxy) is 1. The molecule has 3 unspecified atom stereocenters. The highest BCUT2D eigenvalue weighted by Gasteiger charge is 2.40. The van der Waals surface area contributed by atoms with E-state index in [1.54, 1.807) is 0 Å². The summed E-state index contributed by atoms with van der Waals surface area (Å²) in [6.45, 7) is 3.50. The fourth-order valence-corrected chi connectivity index (χ4v) is 2.99. The van der Waals surface area contributed by atoms with Crippen LogP contribution in [0, 0.1) is 0 Å². The third kappa shape index (κ3) is 1.66. The minimum atomic E-state index is 0.268. The number of nitrogens with zero attached hydrogens (tertiary/aromatic N) is 1. The van der Waals surface area contributed by atoms with Crippen molar-refractivity contribution >= 4 is 0 Å². The predicted molar refractivity (Wildman–Crippen MR) is 64.1 cm³/mol. The first kappa shape index (κ1) is 10.3. The summed E-state index contributed by atoms with van der Waals surface area (Å²) in [5.41, 5.74) is 1.32. The fraction of sp³-hybridized carbons (Fsp3) is 0.571. The molecule has 2 heteroatoms. The molecule has 0 bridgehead atoms. The second-order valence-electron chi connectivity index (χ2n) is 4.90. The lowest BCUT2D eigenvalue weighted by atomic mass is 10.0. The lowest BCUT2D eigenvalue weighted by Gasteiger charge is -2.30. The van der Waals surface area contributed by atoms with Gasteiger partial charge < -0.3 is 4.74 Å². The molecule has 1 aromatic rings. The van der Waals surface area contributed by atoms with Gasteiger partial charge in [0.25, 0.3) is 0 Å². The molecule has 0 amide bonds. The van der Waals surface area contributed by atoms with E-state index < -0.39 is 0 Å². The topological polar surface area (TPSA) is 12.5 Å². The summed E-state index contributed by atoms with van der Waals surface area (Å²) in [5.74, 6) is 0. The molecule has 0 N–H and O–H groups in total. The van der Waals surface area contributed by atoms with Crippen LogP contribution in [-0.2, 0) is 4.74 Å². The molecule has 3 atom stereocenters. The van der Waals surface area contributed by atoms with Crippen molar-refractivity contribution in [3.63, 3.8) is 0 Å². The molecule has 3 rings (SSSR count). The van der Waals surface area contributed by atoms with Gasteiger partial charge in [-0.3, -0.25) is 4.90 Å². The predicted octanol–water partition coefficient (Wildman–Crippen LogP) is 2.96. The van der Waals surface area contributed by atoms with E-state index >= 15 is 0 Å². The maximum Gasteiger partial charge on any atom is 0.111 e. The minimum Gasteiger partial charge on any atom is -0.354 e. The summed E-state index contributed by atoms with van der Waals surface area (Å²) < 4.78 is 6.19. The van der Waals surface area contributed by atoms with E-state index in [0.29, 0.717) is 12.3 Å².